The van der Waals surface area contributed by atoms with E-state index in [0.717, 1.165) is 22.3 Å². The van der Waals surface area contributed by atoms with Crippen LogP contribution < -0.4 is 39.6 Å². The van der Waals surface area contributed by atoms with Crippen LogP contribution in [-0.4, -0.2) is 66.8 Å². The molecule has 84 heavy (non-hydrogen) atoms. The van der Waals surface area contributed by atoms with E-state index >= 15 is 0 Å². The molecule has 0 aromatic heterocycles. The van der Waals surface area contributed by atoms with Crippen LogP contribution in [0, 0.1) is 20.8 Å². The molecular formula is C62H68N6O13S3. The minimum atomic E-state index is -4.40. The van der Waals surface area contributed by atoms with Gasteiger partial charge in [-0.2, -0.15) is 0 Å². The van der Waals surface area contributed by atoms with Crippen LogP contribution >= 0.6 is 0 Å². The standard InChI is InChI=1S/C62H68N6O13S3/c1-9-23-80-57-44-25-40-31-49(63-59(71)66-82(74,75)52-17-11-37(3)12-18-52)33-42(55(40)69)27-46-35-51(65-61(73)68-84(78,79)54-21-15-39(5)16-22-54)36-47(58(46)81-24-10-2)28-43-34-50(64-60(72)67-83(76,77)53-19-13-38(4)14-20-53)32-41(56(43)70)26-45(57)30-48(29-44)62(6,7)8/h11-22,29-36,69-70H,9-10,23-28H2,1-8H3,(H2,63,66,71)(H2,64,67,72)(H2,65,68,73). The van der Waals surface area contributed by atoms with Crippen molar-refractivity contribution in [3.63, 3.8) is 0 Å². The summed E-state index contributed by atoms with van der Waals surface area (Å²) in [6.45, 7) is 15.6. The van der Waals surface area contributed by atoms with Crippen LogP contribution in [0.2, 0.25) is 0 Å². The Bertz CT molecular complexity index is 3820. The highest BCUT2D eigenvalue weighted by atomic mass is 32.2. The molecule has 6 amide bonds. The van der Waals surface area contributed by atoms with Gasteiger partial charge in [0.1, 0.15) is 23.0 Å². The number of anilines is 3. The van der Waals surface area contributed by atoms with Crippen molar-refractivity contribution < 1.29 is 59.3 Å². The Kier molecular flexibility index (Phi) is 18.4. The Morgan fingerprint density at radius 2 is 0.679 bits per heavy atom. The number of carbonyl (C=O) groups is 3. The third kappa shape index (κ3) is 15.0. The quantitative estimate of drug-likeness (QED) is 0.0444. The summed E-state index contributed by atoms with van der Waals surface area (Å²) in [6, 6.07) is 27.3. The van der Waals surface area contributed by atoms with Gasteiger partial charge in [0.15, 0.2) is 0 Å². The second-order valence-corrected chi connectivity index (χ2v) is 26.9. The monoisotopic (exact) mass is 1200 g/mol. The molecule has 0 spiro atoms. The van der Waals surface area contributed by atoms with Gasteiger partial charge in [-0.15, -0.1) is 0 Å². The molecule has 442 valence electrons. The first-order chi connectivity index (χ1) is 39.6. The van der Waals surface area contributed by atoms with Crippen LogP contribution in [0.25, 0.3) is 0 Å². The number of nitrogens with one attached hydrogen (secondary N) is 6. The lowest BCUT2D eigenvalue weighted by Gasteiger charge is -2.26. The minimum Gasteiger partial charge on any atom is -0.507 e. The molecule has 1 aliphatic rings. The second-order valence-electron chi connectivity index (χ2n) is 21.8. The zero-order valence-electron chi connectivity index (χ0n) is 47.8. The van der Waals surface area contributed by atoms with Gasteiger partial charge in [0.05, 0.1) is 27.9 Å². The van der Waals surface area contributed by atoms with Crippen LogP contribution in [0.3, 0.4) is 0 Å². The molecule has 0 heterocycles. The number of amides is 6. The summed E-state index contributed by atoms with van der Waals surface area (Å²) in [5, 5.41) is 33.2. The molecule has 0 fully saturated rings. The van der Waals surface area contributed by atoms with Crippen molar-refractivity contribution in [3.8, 4) is 23.0 Å². The van der Waals surface area contributed by atoms with Crippen molar-refractivity contribution in [3.05, 3.63) is 188 Å². The molecular weight excluding hydrogens is 1130 g/mol. The molecule has 0 saturated carbocycles. The molecule has 8 bridgehead atoms. The van der Waals surface area contributed by atoms with Crippen LogP contribution in [0.15, 0.2) is 136 Å². The van der Waals surface area contributed by atoms with Gasteiger partial charge in [0.2, 0.25) is 0 Å². The topological polar surface area (TPSA) is 285 Å². The lowest BCUT2D eigenvalue weighted by molar-refractivity contribution is 0.255. The Morgan fingerprint density at radius 3 is 0.929 bits per heavy atom. The van der Waals surface area contributed by atoms with Gasteiger partial charge in [-0.25, -0.2) is 53.8 Å². The second kappa shape index (κ2) is 25.1. The van der Waals surface area contributed by atoms with E-state index in [1.807, 2.05) is 46.8 Å². The number of aryl methyl sites for hydroxylation is 3. The molecule has 0 saturated heterocycles. The molecule has 0 unspecified atom stereocenters. The van der Waals surface area contributed by atoms with E-state index in [2.05, 4.69) is 30.1 Å². The summed E-state index contributed by atoms with van der Waals surface area (Å²) in [5.41, 5.74) is 5.67. The van der Waals surface area contributed by atoms with Gasteiger partial charge in [-0.1, -0.05) is 99.8 Å². The number of rotatable bonds is 15. The molecule has 0 aliphatic heterocycles. The summed E-state index contributed by atoms with van der Waals surface area (Å²) in [7, 11) is -13.1. The number of urea groups is 3. The number of hydrogen-bond donors (Lipinski definition) is 8. The molecule has 0 radical (unpaired) electrons. The van der Waals surface area contributed by atoms with Crippen LogP contribution in [0.5, 0.6) is 23.0 Å². The average Bonchev–Trinajstić information content (AvgIpc) is 2.07. The van der Waals surface area contributed by atoms with Crippen LogP contribution in [0.1, 0.15) is 114 Å². The molecule has 19 nitrogen and oxygen atoms in total. The number of phenols is 2. The van der Waals surface area contributed by atoms with Gasteiger partial charge < -0.3 is 35.6 Å². The number of aromatic hydroxyl groups is 2. The first kappa shape index (κ1) is 61.5. The van der Waals surface area contributed by atoms with E-state index in [9.17, 15) is 49.9 Å². The fourth-order valence-corrected chi connectivity index (χ4v) is 12.2. The van der Waals surface area contributed by atoms with Crippen molar-refractivity contribution in [2.75, 3.05) is 29.2 Å². The fourth-order valence-electron chi connectivity index (χ4n) is 9.51. The van der Waals surface area contributed by atoms with Gasteiger partial charge >= 0.3 is 18.1 Å². The fraction of sp³-hybridized carbons (Fsp3) is 0.274. The summed E-state index contributed by atoms with van der Waals surface area (Å²) >= 11 is 0. The predicted octanol–water partition coefficient (Wildman–Crippen LogP) is 11.1. The van der Waals surface area contributed by atoms with E-state index < -0.39 is 53.6 Å². The molecule has 22 heteroatoms. The zero-order valence-corrected chi connectivity index (χ0v) is 50.3. The molecule has 0 atom stereocenters. The van der Waals surface area contributed by atoms with E-state index in [1.54, 1.807) is 57.2 Å². The highest BCUT2D eigenvalue weighted by Crippen LogP contribution is 2.43. The SMILES string of the molecule is CCCOc1c2cc(NC(=O)NS(=O)(=O)c3ccc(C)cc3)cc1Cc1cc(NC(=O)NS(=O)(=O)c3ccc(C)cc3)cc(c1O)Cc1cc(C(C)(C)C)cc(c1OCCC)Cc1cc(NC(=O)NS(=O)(=O)c3ccc(C)cc3)cc(c1O)C2. The van der Waals surface area contributed by atoms with Crippen molar-refractivity contribution in [2.45, 2.75) is 114 Å². The Hall–Kier alpha value is -8.60. The van der Waals surface area contributed by atoms with E-state index in [4.69, 9.17) is 9.47 Å². The number of ether oxygens (including phenoxy) is 2. The molecule has 8 N–H and O–H groups in total. The van der Waals surface area contributed by atoms with Gasteiger partial charge in [0, 0.05) is 76.1 Å². The summed E-state index contributed by atoms with van der Waals surface area (Å²) < 4.78 is 100. The van der Waals surface area contributed by atoms with Crippen molar-refractivity contribution >= 4 is 65.2 Å². The Labute approximate surface area is 490 Å². The number of hydrogen-bond acceptors (Lipinski definition) is 13. The first-order valence-electron chi connectivity index (χ1n) is 27.1. The van der Waals surface area contributed by atoms with E-state index in [0.29, 0.717) is 40.8 Å². The lowest BCUT2D eigenvalue weighted by atomic mass is 9.82. The van der Waals surface area contributed by atoms with Crippen LogP contribution in [0.4, 0.5) is 31.4 Å². The normalized spacial score (nSPS) is 12.6. The Morgan fingerprint density at radius 1 is 0.429 bits per heavy atom. The Balaban J connectivity index is 1.33. The highest BCUT2D eigenvalue weighted by molar-refractivity contribution is 7.90. The van der Waals surface area contributed by atoms with Gasteiger partial charge in [-0.3, -0.25) is 0 Å². The van der Waals surface area contributed by atoms with Crippen molar-refractivity contribution in [2.24, 2.45) is 0 Å². The smallest absolute Gasteiger partial charge is 0.333 e. The summed E-state index contributed by atoms with van der Waals surface area (Å²) in [4.78, 5) is 41.0. The third-order valence-electron chi connectivity index (χ3n) is 13.8. The third-order valence-corrected chi connectivity index (χ3v) is 17.8. The maximum atomic E-state index is 13.8. The first-order valence-corrected chi connectivity index (χ1v) is 31.5. The molecule has 7 aromatic rings. The maximum absolute atomic E-state index is 13.8. The van der Waals surface area contributed by atoms with Crippen molar-refractivity contribution in [1.82, 2.24) is 14.2 Å². The minimum absolute atomic E-state index is 0.0355. The zero-order chi connectivity index (χ0) is 60.9. The van der Waals surface area contributed by atoms with Gasteiger partial charge in [-0.05, 0) is 129 Å². The lowest BCUT2D eigenvalue weighted by Crippen LogP contribution is -2.34. The van der Waals surface area contributed by atoms with Crippen LogP contribution in [-0.2, 0) is 61.2 Å². The van der Waals surface area contributed by atoms with Crippen molar-refractivity contribution in [1.29, 1.82) is 0 Å². The largest absolute Gasteiger partial charge is 0.507 e. The number of phenolic OH excluding ortho intramolecular Hbond substituents is 2. The number of carbonyl (C=O) groups excluding carboxylic acids is 3. The molecule has 1 aliphatic carbocycles. The summed E-state index contributed by atoms with van der Waals surface area (Å²) in [5.74, 6) is 0.210. The average molecular weight is 1200 g/mol. The maximum Gasteiger partial charge on any atom is 0.333 e. The highest BCUT2D eigenvalue weighted by Gasteiger charge is 2.28. The van der Waals surface area contributed by atoms with Gasteiger partial charge in [0.25, 0.3) is 30.1 Å². The summed E-state index contributed by atoms with van der Waals surface area (Å²) in [6.07, 6.45) is 0.603. The predicted molar refractivity (Wildman–Crippen MR) is 322 cm³/mol. The molecule has 8 rings (SSSR count). The molecule has 7 aromatic carbocycles. The number of fused-ring (bicyclic) bond motifs is 8. The number of benzene rings is 7. The number of sulfonamides is 3. The van der Waals surface area contributed by atoms with E-state index in [-0.39, 0.29) is 110 Å². The van der Waals surface area contributed by atoms with E-state index in [1.165, 1.54) is 72.8 Å².